The highest BCUT2D eigenvalue weighted by molar-refractivity contribution is 5.75. The van der Waals surface area contributed by atoms with Crippen LogP contribution in [0.2, 0.25) is 0 Å². The lowest BCUT2D eigenvalue weighted by atomic mass is 9.83. The van der Waals surface area contributed by atoms with Crippen LogP contribution in [-0.4, -0.2) is 58.6 Å². The molecule has 7 nitrogen and oxygen atoms in total. The third kappa shape index (κ3) is 5.55. The fourth-order valence-corrected chi connectivity index (χ4v) is 5.22. The van der Waals surface area contributed by atoms with Crippen molar-refractivity contribution in [3.8, 4) is 11.8 Å². The summed E-state index contributed by atoms with van der Waals surface area (Å²) < 4.78 is 41.7. The minimum Gasteiger partial charge on any atom is -0.406 e. The molecule has 2 amide bonds. The molecule has 186 valence electrons. The summed E-state index contributed by atoms with van der Waals surface area (Å²) >= 11 is 0. The van der Waals surface area contributed by atoms with Gasteiger partial charge in [0.1, 0.15) is 5.75 Å². The maximum atomic E-state index is 13.4. The average Bonchev–Trinajstić information content (AvgIpc) is 3.59. The molecule has 5 rings (SSSR count). The Bertz CT molecular complexity index is 1080. The van der Waals surface area contributed by atoms with Crippen molar-refractivity contribution in [2.45, 2.75) is 56.2 Å². The molecule has 2 aromatic rings. The number of carbonyl (C=O) groups is 1. The normalized spacial score (nSPS) is 23.7. The molecular formula is C25H28F3N5O2. The van der Waals surface area contributed by atoms with Crippen LogP contribution >= 0.6 is 0 Å². The predicted octanol–water partition coefficient (Wildman–Crippen LogP) is 5.11. The van der Waals surface area contributed by atoms with E-state index < -0.39 is 6.36 Å². The number of H-pyrrole nitrogens is 1. The van der Waals surface area contributed by atoms with Crippen LogP contribution in [-0.2, 0) is 0 Å². The Labute approximate surface area is 201 Å². The Morgan fingerprint density at radius 2 is 1.71 bits per heavy atom. The number of nitrogens with zero attached hydrogens (tertiary/aromatic N) is 4. The molecule has 1 aliphatic carbocycles. The number of ether oxygens (including phenoxy) is 1. The number of alkyl halides is 3. The van der Waals surface area contributed by atoms with Crippen molar-refractivity contribution in [3.63, 3.8) is 0 Å². The number of urea groups is 1. The van der Waals surface area contributed by atoms with Gasteiger partial charge in [0.15, 0.2) is 0 Å². The summed E-state index contributed by atoms with van der Waals surface area (Å²) in [5.74, 6) is 0.238. The number of hydrogen-bond donors (Lipinski definition) is 1. The van der Waals surface area contributed by atoms with Crippen LogP contribution in [0.3, 0.4) is 0 Å². The van der Waals surface area contributed by atoms with Crippen LogP contribution in [0.1, 0.15) is 66.8 Å². The van der Waals surface area contributed by atoms with E-state index >= 15 is 0 Å². The minimum absolute atomic E-state index is 0.0109. The molecule has 3 aliphatic rings. The lowest BCUT2D eigenvalue weighted by Crippen LogP contribution is -2.51. The first-order valence-corrected chi connectivity index (χ1v) is 12.1. The predicted molar refractivity (Wildman–Crippen MR) is 121 cm³/mol. The molecule has 2 aliphatic heterocycles. The standard InChI is InChI=1S/C25H28F3N5O2/c26-25(27,28)35-21-5-3-17(4-6-21)19-11-20(23-12-22(30-31-23)18-1-2-18)15-33(14-19)24(34)32-9-7-16(13-29)8-10-32/h3-6,12,16,18-20H,1-2,7-11,14-15H2,(H,30,31). The second kappa shape index (κ2) is 9.44. The van der Waals surface area contributed by atoms with Crippen molar-refractivity contribution in [3.05, 3.63) is 47.3 Å². The molecule has 0 bridgehead atoms. The maximum absolute atomic E-state index is 13.4. The molecule has 1 aromatic carbocycles. The molecule has 0 spiro atoms. The van der Waals surface area contributed by atoms with E-state index in [9.17, 15) is 18.0 Å². The molecule has 1 aromatic heterocycles. The number of piperidine rings is 2. The highest BCUT2D eigenvalue weighted by atomic mass is 19.4. The molecule has 1 saturated carbocycles. The average molecular weight is 488 g/mol. The zero-order valence-corrected chi connectivity index (χ0v) is 19.3. The number of rotatable bonds is 4. The van der Waals surface area contributed by atoms with Gasteiger partial charge in [-0.3, -0.25) is 5.10 Å². The maximum Gasteiger partial charge on any atom is 0.573 e. The highest BCUT2D eigenvalue weighted by Crippen LogP contribution is 2.41. The number of likely N-dealkylation sites (tertiary alicyclic amines) is 2. The van der Waals surface area contributed by atoms with Gasteiger partial charge in [0.05, 0.1) is 11.8 Å². The smallest absolute Gasteiger partial charge is 0.406 e. The lowest BCUT2D eigenvalue weighted by molar-refractivity contribution is -0.274. The molecule has 10 heteroatoms. The zero-order valence-electron chi connectivity index (χ0n) is 19.3. The van der Waals surface area contributed by atoms with E-state index in [4.69, 9.17) is 5.26 Å². The molecule has 35 heavy (non-hydrogen) atoms. The van der Waals surface area contributed by atoms with E-state index in [-0.39, 0.29) is 29.5 Å². The number of nitrogens with one attached hydrogen (secondary N) is 1. The number of aromatic amines is 1. The van der Waals surface area contributed by atoms with Crippen molar-refractivity contribution >= 4 is 6.03 Å². The molecule has 0 radical (unpaired) electrons. The summed E-state index contributed by atoms with van der Waals surface area (Å²) in [6.07, 6.45) is -0.329. The highest BCUT2D eigenvalue weighted by Gasteiger charge is 2.37. The van der Waals surface area contributed by atoms with Gasteiger partial charge in [-0.15, -0.1) is 13.2 Å². The Morgan fingerprint density at radius 3 is 2.34 bits per heavy atom. The fourth-order valence-electron chi connectivity index (χ4n) is 5.22. The SMILES string of the molecule is N#CC1CCN(C(=O)N2CC(c3ccc(OC(F)(F)F)cc3)CC(c3cc(C4CC4)[nH]n3)C2)CC1. The number of amides is 2. The van der Waals surface area contributed by atoms with E-state index in [2.05, 4.69) is 27.1 Å². The van der Waals surface area contributed by atoms with Crippen LogP contribution in [0.5, 0.6) is 5.75 Å². The summed E-state index contributed by atoms with van der Waals surface area (Å²) in [7, 11) is 0. The van der Waals surface area contributed by atoms with Gasteiger partial charge in [-0.25, -0.2) is 4.79 Å². The van der Waals surface area contributed by atoms with Crippen LogP contribution < -0.4 is 4.74 Å². The number of nitriles is 1. The first-order valence-electron chi connectivity index (χ1n) is 12.1. The lowest BCUT2D eigenvalue weighted by Gasteiger charge is -2.41. The van der Waals surface area contributed by atoms with Gasteiger partial charge in [0, 0.05) is 55.5 Å². The number of hydrogen-bond acceptors (Lipinski definition) is 4. The topological polar surface area (TPSA) is 85.3 Å². The zero-order chi connectivity index (χ0) is 24.6. The molecular weight excluding hydrogens is 459 g/mol. The van der Waals surface area contributed by atoms with E-state index in [1.807, 2.05) is 9.80 Å². The largest absolute Gasteiger partial charge is 0.573 e. The van der Waals surface area contributed by atoms with E-state index in [1.165, 1.54) is 12.1 Å². The van der Waals surface area contributed by atoms with Crippen molar-refractivity contribution in [2.24, 2.45) is 5.92 Å². The molecule has 2 saturated heterocycles. The monoisotopic (exact) mass is 487 g/mol. The molecule has 2 atom stereocenters. The summed E-state index contributed by atoms with van der Waals surface area (Å²) in [5, 5.41) is 16.9. The van der Waals surface area contributed by atoms with Gasteiger partial charge in [-0.2, -0.15) is 10.4 Å². The van der Waals surface area contributed by atoms with Crippen molar-refractivity contribution in [1.82, 2.24) is 20.0 Å². The van der Waals surface area contributed by atoms with Crippen molar-refractivity contribution in [2.75, 3.05) is 26.2 Å². The minimum atomic E-state index is -4.74. The van der Waals surface area contributed by atoms with Gasteiger partial charge >= 0.3 is 12.4 Å². The summed E-state index contributed by atoms with van der Waals surface area (Å²) in [5.41, 5.74) is 2.92. The van der Waals surface area contributed by atoms with E-state index in [0.29, 0.717) is 44.9 Å². The first-order chi connectivity index (χ1) is 16.8. The van der Waals surface area contributed by atoms with E-state index in [0.717, 1.165) is 36.2 Å². The van der Waals surface area contributed by atoms with Crippen LogP contribution in [0.15, 0.2) is 30.3 Å². The Balaban J connectivity index is 1.35. The molecule has 3 fully saturated rings. The third-order valence-corrected chi connectivity index (χ3v) is 7.31. The summed E-state index contributed by atoms with van der Waals surface area (Å²) in [4.78, 5) is 17.1. The van der Waals surface area contributed by atoms with Gasteiger partial charge in [-0.1, -0.05) is 12.1 Å². The van der Waals surface area contributed by atoms with Gasteiger partial charge in [-0.05, 0) is 55.9 Å². The first kappa shape index (κ1) is 23.5. The van der Waals surface area contributed by atoms with Crippen molar-refractivity contribution < 1.29 is 22.7 Å². The summed E-state index contributed by atoms with van der Waals surface area (Å²) in [6, 6.07) is 10.3. The third-order valence-electron chi connectivity index (χ3n) is 7.31. The Kier molecular flexibility index (Phi) is 6.34. The van der Waals surface area contributed by atoms with Gasteiger partial charge in [0.2, 0.25) is 0 Å². The second-order valence-corrected chi connectivity index (χ2v) is 9.85. The number of aromatic nitrogens is 2. The fraction of sp³-hybridized carbons (Fsp3) is 0.560. The van der Waals surface area contributed by atoms with Crippen LogP contribution in [0.4, 0.5) is 18.0 Å². The molecule has 2 unspecified atom stereocenters. The summed E-state index contributed by atoms with van der Waals surface area (Å²) in [6.45, 7) is 2.13. The molecule has 3 heterocycles. The quantitative estimate of drug-likeness (QED) is 0.649. The number of halogens is 3. The van der Waals surface area contributed by atoms with E-state index in [1.54, 1.807) is 12.1 Å². The van der Waals surface area contributed by atoms with Crippen molar-refractivity contribution in [1.29, 1.82) is 5.26 Å². The van der Waals surface area contributed by atoms with Crippen LogP contribution in [0.25, 0.3) is 0 Å². The second-order valence-electron chi connectivity index (χ2n) is 9.85. The van der Waals surface area contributed by atoms with Gasteiger partial charge in [0.25, 0.3) is 0 Å². The number of benzene rings is 1. The molecule has 1 N–H and O–H groups in total. The Hall–Kier alpha value is -3.22. The van der Waals surface area contributed by atoms with Gasteiger partial charge < -0.3 is 14.5 Å². The Morgan fingerprint density at radius 1 is 1.03 bits per heavy atom. The number of carbonyl (C=O) groups excluding carboxylic acids is 1. The van der Waals surface area contributed by atoms with Crippen LogP contribution in [0, 0.1) is 17.2 Å².